The van der Waals surface area contributed by atoms with Crippen LogP contribution >= 0.6 is 11.3 Å². The lowest BCUT2D eigenvalue weighted by atomic mass is 10.1. The highest BCUT2D eigenvalue weighted by atomic mass is 32.1. The van der Waals surface area contributed by atoms with E-state index < -0.39 is 11.7 Å². The molecule has 0 saturated carbocycles. The smallest absolute Gasteiger partial charge is 0.356 e. The average Bonchev–Trinajstić information content (AvgIpc) is 2.89. The highest BCUT2D eigenvalue weighted by Gasteiger charge is 2.30. The Morgan fingerprint density at radius 3 is 2.78 bits per heavy atom. The Balaban J connectivity index is 1.76. The number of hydrogen-bond donors (Lipinski definition) is 1. The molecule has 2 aromatic rings. The van der Waals surface area contributed by atoms with Crippen molar-refractivity contribution in [2.45, 2.75) is 32.4 Å². The summed E-state index contributed by atoms with van der Waals surface area (Å²) in [5.74, 6) is -0.278. The molecule has 1 aromatic heterocycles. The van der Waals surface area contributed by atoms with Crippen molar-refractivity contribution in [3.8, 4) is 0 Å². The maximum absolute atomic E-state index is 12.6. The fourth-order valence-electron chi connectivity index (χ4n) is 2.09. The Morgan fingerprint density at radius 1 is 1.35 bits per heavy atom. The number of nitrogens with one attached hydrogen (secondary N) is 1. The highest BCUT2D eigenvalue weighted by molar-refractivity contribution is 7.09. The molecular formula is C16H17F3N2OS. The minimum absolute atomic E-state index is 0.0553. The molecule has 7 heteroatoms. The Kier molecular flexibility index (Phi) is 5.76. The predicted octanol–water partition coefficient (Wildman–Crippen LogP) is 3.76. The number of halogens is 3. The molecule has 0 spiro atoms. The number of nitrogens with zero attached hydrogens (tertiary/aromatic N) is 1. The third-order valence-electron chi connectivity index (χ3n) is 3.18. The number of carbonyl (C=O) groups is 1. The Morgan fingerprint density at radius 2 is 2.13 bits per heavy atom. The van der Waals surface area contributed by atoms with Crippen molar-refractivity contribution in [3.63, 3.8) is 0 Å². The number of aryl methyl sites for hydroxylation is 2. The molecule has 3 nitrogen and oxygen atoms in total. The molecule has 2 rings (SSSR count). The second kappa shape index (κ2) is 7.59. The topological polar surface area (TPSA) is 42.0 Å². The lowest BCUT2D eigenvalue weighted by molar-refractivity contribution is -0.137. The van der Waals surface area contributed by atoms with Crippen molar-refractivity contribution in [1.29, 1.82) is 0 Å². The molecule has 0 unspecified atom stereocenters. The third kappa shape index (κ3) is 5.67. The standard InChI is InChI=1S/C16H17F3N2OS/c1-11-10-23-15(21-11)6-3-7-20-14(22)9-12-4-2-5-13(8-12)16(17,18)19/h2,4-5,8,10H,3,6-7,9H2,1H3,(H,20,22). The fourth-order valence-corrected chi connectivity index (χ4v) is 2.91. The van der Waals surface area contributed by atoms with Gasteiger partial charge in [-0.15, -0.1) is 11.3 Å². The minimum Gasteiger partial charge on any atom is -0.356 e. The molecule has 0 aliphatic heterocycles. The first-order valence-electron chi connectivity index (χ1n) is 7.18. The van der Waals surface area contributed by atoms with E-state index in [2.05, 4.69) is 10.3 Å². The van der Waals surface area contributed by atoms with Gasteiger partial charge in [0.15, 0.2) is 0 Å². The van der Waals surface area contributed by atoms with Gasteiger partial charge in [-0.2, -0.15) is 13.2 Å². The molecular weight excluding hydrogens is 325 g/mol. The van der Waals surface area contributed by atoms with Gasteiger partial charge in [-0.05, 0) is 25.0 Å². The van der Waals surface area contributed by atoms with Crippen LogP contribution in [0.1, 0.15) is 28.2 Å². The average molecular weight is 342 g/mol. The van der Waals surface area contributed by atoms with Crippen LogP contribution in [0.15, 0.2) is 29.6 Å². The van der Waals surface area contributed by atoms with Gasteiger partial charge in [0.1, 0.15) is 0 Å². The largest absolute Gasteiger partial charge is 0.416 e. The fraction of sp³-hybridized carbons (Fsp3) is 0.375. The molecule has 23 heavy (non-hydrogen) atoms. The molecule has 0 fully saturated rings. The van der Waals surface area contributed by atoms with Gasteiger partial charge in [-0.1, -0.05) is 18.2 Å². The van der Waals surface area contributed by atoms with E-state index in [4.69, 9.17) is 0 Å². The second-order valence-electron chi connectivity index (χ2n) is 5.21. The van der Waals surface area contributed by atoms with Crippen molar-refractivity contribution in [2.24, 2.45) is 0 Å². The zero-order valence-corrected chi connectivity index (χ0v) is 13.4. The molecule has 124 valence electrons. The Labute approximate surface area is 136 Å². The van der Waals surface area contributed by atoms with Crippen LogP contribution in [0.3, 0.4) is 0 Å². The third-order valence-corrected chi connectivity index (χ3v) is 4.20. The summed E-state index contributed by atoms with van der Waals surface area (Å²) in [7, 11) is 0. The lowest BCUT2D eigenvalue weighted by Gasteiger charge is -2.09. The number of aromatic nitrogens is 1. The first-order chi connectivity index (χ1) is 10.8. The monoisotopic (exact) mass is 342 g/mol. The van der Waals surface area contributed by atoms with E-state index in [0.717, 1.165) is 35.7 Å². The number of benzene rings is 1. The number of alkyl halides is 3. The molecule has 0 radical (unpaired) electrons. The van der Waals surface area contributed by atoms with Gasteiger partial charge >= 0.3 is 6.18 Å². The number of carbonyl (C=O) groups excluding carboxylic acids is 1. The lowest BCUT2D eigenvalue weighted by Crippen LogP contribution is -2.26. The summed E-state index contributed by atoms with van der Waals surface area (Å²) in [6, 6.07) is 4.85. The van der Waals surface area contributed by atoms with Crippen molar-refractivity contribution in [2.75, 3.05) is 6.54 Å². The van der Waals surface area contributed by atoms with E-state index in [1.165, 1.54) is 12.1 Å². The van der Waals surface area contributed by atoms with Crippen LogP contribution < -0.4 is 5.32 Å². The van der Waals surface area contributed by atoms with Gasteiger partial charge in [0.05, 0.1) is 17.0 Å². The summed E-state index contributed by atoms with van der Waals surface area (Å²) >= 11 is 1.58. The zero-order valence-electron chi connectivity index (χ0n) is 12.6. The first-order valence-corrected chi connectivity index (χ1v) is 8.06. The molecule has 0 saturated heterocycles. The van der Waals surface area contributed by atoms with E-state index in [-0.39, 0.29) is 12.3 Å². The van der Waals surface area contributed by atoms with Gasteiger partial charge in [0.2, 0.25) is 5.91 Å². The zero-order chi connectivity index (χ0) is 16.9. The van der Waals surface area contributed by atoms with Crippen LogP contribution in [0.25, 0.3) is 0 Å². The number of hydrogen-bond acceptors (Lipinski definition) is 3. The second-order valence-corrected chi connectivity index (χ2v) is 6.15. The SMILES string of the molecule is Cc1csc(CCCNC(=O)Cc2cccc(C(F)(F)F)c2)n1. The molecule has 0 bridgehead atoms. The summed E-state index contributed by atoms with van der Waals surface area (Å²) < 4.78 is 37.8. The first kappa shape index (κ1) is 17.5. The van der Waals surface area contributed by atoms with Gasteiger partial charge < -0.3 is 5.32 Å². The van der Waals surface area contributed by atoms with Crippen molar-refractivity contribution in [1.82, 2.24) is 10.3 Å². The quantitative estimate of drug-likeness (QED) is 0.812. The van der Waals surface area contributed by atoms with E-state index in [9.17, 15) is 18.0 Å². The summed E-state index contributed by atoms with van der Waals surface area (Å²) in [6.45, 7) is 2.41. The molecule has 1 amide bonds. The molecule has 0 aliphatic carbocycles. The highest BCUT2D eigenvalue weighted by Crippen LogP contribution is 2.29. The summed E-state index contributed by atoms with van der Waals surface area (Å²) in [5, 5.41) is 5.72. The van der Waals surface area contributed by atoms with Crippen LogP contribution in [-0.2, 0) is 23.8 Å². The van der Waals surface area contributed by atoms with Crippen LogP contribution in [0.5, 0.6) is 0 Å². The number of thiazole rings is 1. The molecule has 0 atom stereocenters. The molecule has 0 aliphatic rings. The van der Waals surface area contributed by atoms with E-state index >= 15 is 0 Å². The van der Waals surface area contributed by atoms with Crippen molar-refractivity contribution >= 4 is 17.2 Å². The molecule has 1 heterocycles. The minimum atomic E-state index is -4.39. The van der Waals surface area contributed by atoms with E-state index in [0.29, 0.717) is 12.1 Å². The van der Waals surface area contributed by atoms with Gasteiger partial charge in [-0.25, -0.2) is 4.98 Å². The van der Waals surface area contributed by atoms with E-state index in [1.54, 1.807) is 11.3 Å². The van der Waals surface area contributed by atoms with Gasteiger partial charge in [0.25, 0.3) is 0 Å². The number of rotatable bonds is 6. The van der Waals surface area contributed by atoms with Crippen LogP contribution in [0.4, 0.5) is 13.2 Å². The Hall–Kier alpha value is -1.89. The van der Waals surface area contributed by atoms with Crippen molar-refractivity contribution in [3.05, 3.63) is 51.5 Å². The molecule has 1 N–H and O–H groups in total. The van der Waals surface area contributed by atoms with E-state index in [1.807, 2.05) is 12.3 Å². The van der Waals surface area contributed by atoms with Crippen LogP contribution in [0, 0.1) is 6.92 Å². The normalized spacial score (nSPS) is 11.5. The van der Waals surface area contributed by atoms with Crippen LogP contribution in [-0.4, -0.2) is 17.4 Å². The summed E-state index contributed by atoms with van der Waals surface area (Å²) in [5.41, 5.74) is 0.605. The van der Waals surface area contributed by atoms with Crippen LogP contribution in [0.2, 0.25) is 0 Å². The predicted molar refractivity (Wildman–Crippen MR) is 83.3 cm³/mol. The van der Waals surface area contributed by atoms with Crippen molar-refractivity contribution < 1.29 is 18.0 Å². The van der Waals surface area contributed by atoms with Gasteiger partial charge in [-0.3, -0.25) is 4.79 Å². The maximum atomic E-state index is 12.6. The summed E-state index contributed by atoms with van der Waals surface area (Å²) in [6.07, 6.45) is -2.91. The Bertz CT molecular complexity index is 667. The maximum Gasteiger partial charge on any atom is 0.416 e. The number of amides is 1. The van der Waals surface area contributed by atoms with Gasteiger partial charge in [0, 0.05) is 24.0 Å². The summed E-state index contributed by atoms with van der Waals surface area (Å²) in [4.78, 5) is 16.1. The molecule has 1 aromatic carbocycles.